The third kappa shape index (κ3) is 4.34. The minimum Gasteiger partial charge on any atom is -0.325 e. The van der Waals surface area contributed by atoms with Crippen LogP contribution in [-0.2, 0) is 4.79 Å². The van der Waals surface area contributed by atoms with Gasteiger partial charge in [0.2, 0.25) is 11.1 Å². The number of hydrogen-bond acceptors (Lipinski definition) is 6. The van der Waals surface area contributed by atoms with Gasteiger partial charge < -0.3 is 5.32 Å². The van der Waals surface area contributed by atoms with E-state index in [0.717, 1.165) is 5.56 Å². The van der Waals surface area contributed by atoms with E-state index in [-0.39, 0.29) is 11.7 Å². The van der Waals surface area contributed by atoms with E-state index < -0.39 is 5.25 Å². The number of ketones is 1. The monoisotopic (exact) mass is 367 g/mol. The zero-order valence-electron chi connectivity index (χ0n) is 14.3. The van der Waals surface area contributed by atoms with Crippen molar-refractivity contribution in [2.75, 3.05) is 5.32 Å². The van der Waals surface area contributed by atoms with E-state index in [1.165, 1.54) is 18.7 Å². The van der Waals surface area contributed by atoms with Crippen molar-refractivity contribution in [3.05, 3.63) is 54.4 Å². The van der Waals surface area contributed by atoms with Crippen molar-refractivity contribution in [1.29, 1.82) is 0 Å². The standard InChI is InChI=1S/C18H17N5O2S/c1-11(24)14-4-3-5-15(10-14)20-17(25)12(2)26-18-21-16(22-23-18)13-6-8-19-9-7-13/h3-10,12H,1-2H3,(H,20,25)(H,21,22,23)/t12-/m0/s1. The molecule has 0 aliphatic heterocycles. The number of nitrogens with zero attached hydrogens (tertiary/aromatic N) is 3. The maximum absolute atomic E-state index is 12.4. The van der Waals surface area contributed by atoms with Crippen LogP contribution < -0.4 is 5.32 Å². The summed E-state index contributed by atoms with van der Waals surface area (Å²) in [6.45, 7) is 3.26. The highest BCUT2D eigenvalue weighted by atomic mass is 32.2. The van der Waals surface area contributed by atoms with Gasteiger partial charge in [-0.3, -0.25) is 19.7 Å². The lowest BCUT2D eigenvalue weighted by Crippen LogP contribution is -2.22. The van der Waals surface area contributed by atoms with Crippen LogP contribution in [0.1, 0.15) is 24.2 Å². The van der Waals surface area contributed by atoms with Gasteiger partial charge in [-0.1, -0.05) is 23.9 Å². The first kappa shape index (κ1) is 17.8. The van der Waals surface area contributed by atoms with E-state index in [2.05, 4.69) is 25.5 Å². The lowest BCUT2D eigenvalue weighted by atomic mass is 10.1. The fourth-order valence-electron chi connectivity index (χ4n) is 2.21. The number of anilines is 1. The van der Waals surface area contributed by atoms with Crippen LogP contribution in [-0.4, -0.2) is 37.1 Å². The first-order chi connectivity index (χ1) is 12.5. The van der Waals surface area contributed by atoms with Gasteiger partial charge in [0.25, 0.3) is 0 Å². The van der Waals surface area contributed by atoms with E-state index in [1.54, 1.807) is 43.6 Å². The topological polar surface area (TPSA) is 101 Å². The molecular weight excluding hydrogens is 350 g/mol. The number of thioether (sulfide) groups is 1. The molecule has 2 aromatic heterocycles. The lowest BCUT2D eigenvalue weighted by molar-refractivity contribution is -0.115. The highest BCUT2D eigenvalue weighted by Crippen LogP contribution is 2.23. The van der Waals surface area contributed by atoms with E-state index in [0.29, 0.717) is 22.2 Å². The summed E-state index contributed by atoms with van der Waals surface area (Å²) in [4.78, 5) is 32.2. The molecule has 7 nitrogen and oxygen atoms in total. The minimum absolute atomic E-state index is 0.0483. The summed E-state index contributed by atoms with van der Waals surface area (Å²) in [6, 6.07) is 10.5. The fourth-order valence-corrected chi connectivity index (χ4v) is 2.93. The summed E-state index contributed by atoms with van der Waals surface area (Å²) in [5.41, 5.74) is 2.01. The van der Waals surface area contributed by atoms with Crippen molar-refractivity contribution in [3.8, 4) is 11.4 Å². The maximum Gasteiger partial charge on any atom is 0.237 e. The molecule has 0 saturated carbocycles. The molecule has 0 unspecified atom stereocenters. The number of benzene rings is 1. The Morgan fingerprint density at radius 1 is 1.19 bits per heavy atom. The van der Waals surface area contributed by atoms with E-state index >= 15 is 0 Å². The normalized spacial score (nSPS) is 11.8. The van der Waals surface area contributed by atoms with Gasteiger partial charge >= 0.3 is 0 Å². The smallest absolute Gasteiger partial charge is 0.237 e. The van der Waals surface area contributed by atoms with Gasteiger partial charge in [0.15, 0.2) is 11.6 Å². The van der Waals surface area contributed by atoms with Crippen molar-refractivity contribution in [2.45, 2.75) is 24.3 Å². The molecule has 2 heterocycles. The summed E-state index contributed by atoms with van der Waals surface area (Å²) in [5, 5.41) is 9.89. The molecule has 0 fully saturated rings. The Labute approximate surface area is 154 Å². The summed E-state index contributed by atoms with van der Waals surface area (Å²) in [5.74, 6) is 0.385. The molecule has 0 saturated heterocycles. The van der Waals surface area contributed by atoms with E-state index in [4.69, 9.17) is 0 Å². The molecule has 0 aliphatic rings. The molecule has 0 radical (unpaired) electrons. The SMILES string of the molecule is CC(=O)c1cccc(NC(=O)[C@H](C)Sc2n[nH]c(-c3ccncc3)n2)c1. The zero-order chi connectivity index (χ0) is 18.5. The van der Waals surface area contributed by atoms with Crippen molar-refractivity contribution < 1.29 is 9.59 Å². The molecule has 8 heteroatoms. The molecule has 3 aromatic rings. The molecule has 2 N–H and O–H groups in total. The Morgan fingerprint density at radius 2 is 1.96 bits per heavy atom. The van der Waals surface area contributed by atoms with E-state index in [9.17, 15) is 9.59 Å². The minimum atomic E-state index is -0.405. The van der Waals surface area contributed by atoms with Crippen LogP contribution in [0.3, 0.4) is 0 Å². The van der Waals surface area contributed by atoms with Crippen LogP contribution in [0, 0.1) is 0 Å². The number of carbonyl (C=O) groups excluding carboxylic acids is 2. The van der Waals surface area contributed by atoms with Crippen molar-refractivity contribution in [1.82, 2.24) is 20.2 Å². The Balaban J connectivity index is 1.64. The number of hydrogen-bond donors (Lipinski definition) is 2. The number of amides is 1. The quantitative estimate of drug-likeness (QED) is 0.513. The molecule has 1 amide bonds. The number of nitrogens with one attached hydrogen (secondary N) is 2. The molecule has 26 heavy (non-hydrogen) atoms. The highest BCUT2D eigenvalue weighted by Gasteiger charge is 2.18. The Bertz CT molecular complexity index is 926. The van der Waals surface area contributed by atoms with Crippen molar-refractivity contribution in [2.24, 2.45) is 0 Å². The van der Waals surface area contributed by atoms with Crippen molar-refractivity contribution >= 4 is 29.1 Å². The fraction of sp³-hybridized carbons (Fsp3) is 0.167. The second kappa shape index (κ2) is 7.92. The van der Waals surface area contributed by atoms with Crippen LogP contribution in [0.15, 0.2) is 53.9 Å². The molecule has 1 atom stereocenters. The molecule has 0 bridgehead atoms. The van der Waals surface area contributed by atoms with Gasteiger partial charge in [-0.05, 0) is 38.1 Å². The maximum atomic E-state index is 12.4. The number of pyridine rings is 1. The second-order valence-corrected chi connectivity index (χ2v) is 6.90. The van der Waals surface area contributed by atoms with Gasteiger partial charge in [-0.25, -0.2) is 4.98 Å². The molecule has 0 aliphatic carbocycles. The summed E-state index contributed by atoms with van der Waals surface area (Å²) in [7, 11) is 0. The number of H-pyrrole nitrogens is 1. The summed E-state index contributed by atoms with van der Waals surface area (Å²) in [6.07, 6.45) is 3.35. The predicted molar refractivity (Wildman–Crippen MR) is 100 cm³/mol. The molecule has 132 valence electrons. The van der Waals surface area contributed by atoms with Gasteiger partial charge in [0.05, 0.1) is 5.25 Å². The Morgan fingerprint density at radius 3 is 2.69 bits per heavy atom. The first-order valence-electron chi connectivity index (χ1n) is 7.94. The predicted octanol–water partition coefficient (Wildman–Crippen LogP) is 3.19. The molecular formula is C18H17N5O2S. The van der Waals surface area contributed by atoms with Crippen LogP contribution >= 0.6 is 11.8 Å². The third-order valence-electron chi connectivity index (χ3n) is 3.61. The highest BCUT2D eigenvalue weighted by molar-refractivity contribution is 8.00. The first-order valence-corrected chi connectivity index (χ1v) is 8.82. The summed E-state index contributed by atoms with van der Waals surface area (Å²) >= 11 is 1.25. The number of aromatic nitrogens is 4. The Kier molecular flexibility index (Phi) is 5.43. The van der Waals surface area contributed by atoms with Crippen molar-refractivity contribution in [3.63, 3.8) is 0 Å². The summed E-state index contributed by atoms with van der Waals surface area (Å²) < 4.78 is 0. The van der Waals surface area contributed by atoms with E-state index in [1.807, 2.05) is 12.1 Å². The lowest BCUT2D eigenvalue weighted by Gasteiger charge is -2.10. The van der Waals surface area contributed by atoms with Crippen LogP contribution in [0.25, 0.3) is 11.4 Å². The number of rotatable bonds is 6. The largest absolute Gasteiger partial charge is 0.325 e. The Hall–Kier alpha value is -3.00. The third-order valence-corrected chi connectivity index (χ3v) is 4.57. The van der Waals surface area contributed by atoms with Crippen LogP contribution in [0.2, 0.25) is 0 Å². The van der Waals surface area contributed by atoms with Crippen LogP contribution in [0.5, 0.6) is 0 Å². The number of Topliss-reactive ketones (excluding diaryl/α,β-unsaturated/α-hetero) is 1. The van der Waals surface area contributed by atoms with Gasteiger partial charge in [0.1, 0.15) is 0 Å². The number of carbonyl (C=O) groups is 2. The molecule has 1 aromatic carbocycles. The average molecular weight is 367 g/mol. The molecule has 3 rings (SSSR count). The zero-order valence-corrected chi connectivity index (χ0v) is 15.1. The van der Waals surface area contributed by atoms with Gasteiger partial charge in [-0.2, -0.15) is 0 Å². The van der Waals surface area contributed by atoms with Crippen LogP contribution in [0.4, 0.5) is 5.69 Å². The second-order valence-electron chi connectivity index (χ2n) is 5.59. The molecule has 0 spiro atoms. The number of aromatic amines is 1. The van der Waals surface area contributed by atoms with Gasteiger partial charge in [-0.15, -0.1) is 5.10 Å². The van der Waals surface area contributed by atoms with Gasteiger partial charge in [0, 0.05) is 29.2 Å². The average Bonchev–Trinajstić information content (AvgIpc) is 3.11.